The topological polar surface area (TPSA) is 63.8 Å². The van der Waals surface area contributed by atoms with Crippen LogP contribution >= 0.6 is 23.4 Å². The number of nitrogens with one attached hydrogen (secondary N) is 1. The Balaban J connectivity index is 1.65. The van der Waals surface area contributed by atoms with Crippen LogP contribution in [0.4, 0.5) is 11.5 Å². The minimum atomic E-state index is -0.0806. The van der Waals surface area contributed by atoms with Gasteiger partial charge in [0.25, 0.3) is 0 Å². The lowest BCUT2D eigenvalue weighted by molar-refractivity contribution is 0.915. The van der Waals surface area contributed by atoms with E-state index in [1.54, 1.807) is 0 Å². The molecule has 0 saturated carbocycles. The van der Waals surface area contributed by atoms with Gasteiger partial charge in [0.1, 0.15) is 17.0 Å². The van der Waals surface area contributed by atoms with E-state index < -0.39 is 0 Å². The number of nitrogens with zero attached hydrogens (tertiary/aromatic N) is 2. The first-order valence-electron chi connectivity index (χ1n) is 9.11. The fourth-order valence-electron chi connectivity index (χ4n) is 2.98. The Labute approximate surface area is 179 Å². The van der Waals surface area contributed by atoms with Gasteiger partial charge in [0, 0.05) is 9.92 Å². The fraction of sp³-hybridized carbons (Fsp3) is 0.0435. The lowest BCUT2D eigenvalue weighted by atomic mass is 9.99. The number of anilines is 2. The van der Waals surface area contributed by atoms with Crippen LogP contribution in [-0.2, 0) is 0 Å². The third-order valence-corrected chi connectivity index (χ3v) is 5.70. The summed E-state index contributed by atoms with van der Waals surface area (Å²) in [6.45, 7) is 0. The molecule has 0 fully saturated rings. The van der Waals surface area contributed by atoms with Gasteiger partial charge >= 0.3 is 0 Å². The summed E-state index contributed by atoms with van der Waals surface area (Å²) in [5.74, 6) is 0.606. The fourth-order valence-corrected chi connectivity index (χ4v) is 3.90. The van der Waals surface area contributed by atoms with E-state index in [9.17, 15) is 0 Å². The van der Waals surface area contributed by atoms with Gasteiger partial charge in [0.2, 0.25) is 0 Å². The van der Waals surface area contributed by atoms with Gasteiger partial charge in [-0.25, -0.2) is 9.97 Å². The molecular weight excluding hydrogens is 400 g/mol. The minimum absolute atomic E-state index is 0.0806. The second-order valence-corrected chi connectivity index (χ2v) is 7.89. The summed E-state index contributed by atoms with van der Waals surface area (Å²) < 4.78 is 0. The van der Waals surface area contributed by atoms with Crippen molar-refractivity contribution in [2.75, 3.05) is 11.1 Å². The van der Waals surface area contributed by atoms with E-state index in [1.165, 1.54) is 18.1 Å². The zero-order chi connectivity index (χ0) is 20.1. The lowest BCUT2D eigenvalue weighted by Gasteiger charge is -2.21. The smallest absolute Gasteiger partial charge is 0.154 e. The molecule has 0 bridgehead atoms. The molecule has 4 rings (SSSR count). The molecule has 29 heavy (non-hydrogen) atoms. The summed E-state index contributed by atoms with van der Waals surface area (Å²) in [6, 6.07) is 28.0. The Bertz CT molecular complexity index is 1030. The van der Waals surface area contributed by atoms with E-state index in [0.29, 0.717) is 21.6 Å². The van der Waals surface area contributed by atoms with Crippen LogP contribution in [0, 0.1) is 0 Å². The summed E-state index contributed by atoms with van der Waals surface area (Å²) in [7, 11) is 0. The maximum absolute atomic E-state index is 6.43. The first kappa shape index (κ1) is 19.3. The highest BCUT2D eigenvalue weighted by Gasteiger charge is 2.17. The molecule has 0 saturated heterocycles. The minimum Gasteiger partial charge on any atom is -0.394 e. The maximum atomic E-state index is 6.43. The van der Waals surface area contributed by atoms with Crippen LogP contribution < -0.4 is 11.1 Å². The van der Waals surface area contributed by atoms with Crippen LogP contribution in [0.5, 0.6) is 0 Å². The van der Waals surface area contributed by atoms with Gasteiger partial charge in [-0.1, -0.05) is 84.0 Å². The molecule has 0 aliphatic rings. The molecule has 1 aromatic heterocycles. The maximum Gasteiger partial charge on any atom is 0.154 e. The molecule has 1 heterocycles. The number of halogens is 1. The second-order valence-electron chi connectivity index (χ2n) is 6.40. The van der Waals surface area contributed by atoms with E-state index in [0.717, 1.165) is 16.0 Å². The molecule has 3 aromatic carbocycles. The van der Waals surface area contributed by atoms with Crippen LogP contribution in [0.15, 0.2) is 101 Å². The van der Waals surface area contributed by atoms with Crippen LogP contribution in [0.2, 0.25) is 5.02 Å². The van der Waals surface area contributed by atoms with Gasteiger partial charge in [0.05, 0.1) is 6.04 Å². The zero-order valence-corrected chi connectivity index (χ0v) is 17.1. The summed E-state index contributed by atoms with van der Waals surface area (Å²) in [6.07, 6.45) is 1.53. The molecule has 0 aliphatic heterocycles. The molecule has 4 aromatic rings. The molecule has 3 N–H and O–H groups in total. The Kier molecular flexibility index (Phi) is 5.98. The Hall–Kier alpha value is -3.02. The van der Waals surface area contributed by atoms with Crippen molar-refractivity contribution in [1.29, 1.82) is 0 Å². The van der Waals surface area contributed by atoms with Crippen molar-refractivity contribution in [1.82, 2.24) is 9.97 Å². The third kappa shape index (κ3) is 4.70. The average molecular weight is 419 g/mol. The normalized spacial score (nSPS) is 10.8. The van der Waals surface area contributed by atoms with Crippen molar-refractivity contribution in [2.45, 2.75) is 16.0 Å². The van der Waals surface area contributed by atoms with Crippen LogP contribution in [0.25, 0.3) is 0 Å². The summed E-state index contributed by atoms with van der Waals surface area (Å²) in [5, 5.41) is 4.90. The van der Waals surface area contributed by atoms with E-state index in [1.807, 2.05) is 60.7 Å². The van der Waals surface area contributed by atoms with Gasteiger partial charge in [-0.15, -0.1) is 0 Å². The molecule has 0 atom stereocenters. The monoisotopic (exact) mass is 418 g/mol. The van der Waals surface area contributed by atoms with Gasteiger partial charge in [-0.05, 0) is 35.4 Å². The van der Waals surface area contributed by atoms with Gasteiger partial charge in [0.15, 0.2) is 5.82 Å². The standard InChI is InChI=1S/C23H19ClN4S/c24-18-11-13-19(14-12-18)29-23-20(25)22(26-15-27-23)28-21(16-7-3-1-4-8-16)17-9-5-2-6-10-17/h1-15,21H,25H2,(H,26,27,28). The summed E-state index contributed by atoms with van der Waals surface area (Å²) in [5.41, 5.74) is 9.21. The average Bonchev–Trinajstić information content (AvgIpc) is 2.77. The number of nitrogen functional groups attached to an aromatic ring is 1. The number of hydrogen-bond donors (Lipinski definition) is 2. The van der Waals surface area contributed by atoms with E-state index in [2.05, 4.69) is 39.6 Å². The predicted molar refractivity (Wildman–Crippen MR) is 120 cm³/mol. The Morgan fingerprint density at radius 3 is 1.97 bits per heavy atom. The van der Waals surface area contributed by atoms with Crippen LogP contribution in [0.3, 0.4) is 0 Å². The van der Waals surface area contributed by atoms with E-state index in [4.69, 9.17) is 17.3 Å². The molecule has 0 radical (unpaired) electrons. The van der Waals surface area contributed by atoms with Crippen molar-refractivity contribution in [3.8, 4) is 0 Å². The summed E-state index contributed by atoms with van der Waals surface area (Å²) >= 11 is 7.46. The molecule has 144 valence electrons. The zero-order valence-electron chi connectivity index (χ0n) is 15.5. The van der Waals surface area contributed by atoms with Crippen molar-refractivity contribution < 1.29 is 0 Å². The highest BCUT2D eigenvalue weighted by Crippen LogP contribution is 2.35. The number of rotatable bonds is 6. The first-order valence-corrected chi connectivity index (χ1v) is 10.3. The van der Waals surface area contributed by atoms with Gasteiger partial charge < -0.3 is 11.1 Å². The number of aromatic nitrogens is 2. The van der Waals surface area contributed by atoms with Crippen LogP contribution in [-0.4, -0.2) is 9.97 Å². The SMILES string of the molecule is Nc1c(NC(c2ccccc2)c2ccccc2)ncnc1Sc1ccc(Cl)cc1. The highest BCUT2D eigenvalue weighted by molar-refractivity contribution is 7.99. The molecule has 6 heteroatoms. The van der Waals surface area contributed by atoms with Gasteiger partial charge in [-0.2, -0.15) is 0 Å². The number of hydrogen-bond acceptors (Lipinski definition) is 5. The van der Waals surface area contributed by atoms with Crippen molar-refractivity contribution >= 4 is 34.9 Å². The third-order valence-electron chi connectivity index (χ3n) is 4.42. The molecular formula is C23H19ClN4S. The molecule has 4 nitrogen and oxygen atoms in total. The second kappa shape index (κ2) is 8.99. The Morgan fingerprint density at radius 2 is 1.38 bits per heavy atom. The molecule has 0 unspecified atom stereocenters. The number of benzene rings is 3. The first-order chi connectivity index (χ1) is 14.2. The van der Waals surface area contributed by atoms with Gasteiger partial charge in [-0.3, -0.25) is 0 Å². The largest absolute Gasteiger partial charge is 0.394 e. The van der Waals surface area contributed by atoms with Crippen LogP contribution in [0.1, 0.15) is 17.2 Å². The van der Waals surface area contributed by atoms with E-state index in [-0.39, 0.29) is 6.04 Å². The summed E-state index contributed by atoms with van der Waals surface area (Å²) in [4.78, 5) is 9.77. The van der Waals surface area contributed by atoms with E-state index >= 15 is 0 Å². The van der Waals surface area contributed by atoms with Crippen molar-refractivity contribution in [2.24, 2.45) is 0 Å². The Morgan fingerprint density at radius 1 is 0.793 bits per heavy atom. The highest BCUT2D eigenvalue weighted by atomic mass is 35.5. The quantitative estimate of drug-likeness (QED) is 0.372. The molecule has 0 aliphatic carbocycles. The molecule has 0 spiro atoms. The molecule has 0 amide bonds. The number of nitrogens with two attached hydrogens (primary N) is 1. The van der Waals surface area contributed by atoms with Crippen molar-refractivity contribution in [3.63, 3.8) is 0 Å². The lowest BCUT2D eigenvalue weighted by Crippen LogP contribution is -2.15. The predicted octanol–water partition coefficient (Wildman–Crippen LogP) is 6.06. The van der Waals surface area contributed by atoms with Crippen molar-refractivity contribution in [3.05, 3.63) is 107 Å².